The average Bonchev–Trinajstić information content (AvgIpc) is 2.71. The summed E-state index contributed by atoms with van der Waals surface area (Å²) < 4.78 is 5.57. The Labute approximate surface area is 164 Å². The largest absolute Gasteiger partial charge is 0.461 e. The van der Waals surface area contributed by atoms with Crippen LogP contribution in [0.15, 0.2) is 66.7 Å². The minimum Gasteiger partial charge on any atom is -0.461 e. The second-order valence-corrected chi connectivity index (χ2v) is 7.61. The van der Waals surface area contributed by atoms with E-state index in [2.05, 4.69) is 24.3 Å². The molecule has 0 unspecified atom stereocenters. The van der Waals surface area contributed by atoms with Crippen LogP contribution in [0.4, 0.5) is 0 Å². The molecule has 0 aliphatic heterocycles. The van der Waals surface area contributed by atoms with Crippen molar-refractivity contribution >= 4 is 28.5 Å². The summed E-state index contributed by atoms with van der Waals surface area (Å²) in [6.07, 6.45) is 2.73. The minimum atomic E-state index is -0.808. The molecular formula is C23H25NO2S. The van der Waals surface area contributed by atoms with Crippen molar-refractivity contribution in [2.24, 2.45) is 5.73 Å². The molecule has 0 saturated carbocycles. The van der Waals surface area contributed by atoms with Gasteiger partial charge in [0.25, 0.3) is 0 Å². The van der Waals surface area contributed by atoms with Crippen molar-refractivity contribution in [1.29, 1.82) is 0 Å². The summed E-state index contributed by atoms with van der Waals surface area (Å²) >= 11 is 1.74. The zero-order chi connectivity index (χ0) is 19.2. The molecule has 0 aliphatic carbocycles. The van der Waals surface area contributed by atoms with Crippen molar-refractivity contribution < 1.29 is 9.53 Å². The first kappa shape index (κ1) is 19.5. The van der Waals surface area contributed by atoms with Gasteiger partial charge in [-0.15, -0.1) is 0 Å². The Hall–Kier alpha value is -2.30. The molecule has 2 atom stereocenters. The van der Waals surface area contributed by atoms with Crippen LogP contribution >= 0.6 is 11.8 Å². The van der Waals surface area contributed by atoms with Gasteiger partial charge in [0.05, 0.1) is 6.10 Å². The molecule has 27 heavy (non-hydrogen) atoms. The Bertz CT molecular complexity index is 920. The minimum absolute atomic E-state index is 0.138. The molecule has 3 aromatic carbocycles. The lowest BCUT2D eigenvalue weighted by Gasteiger charge is -2.19. The van der Waals surface area contributed by atoms with Gasteiger partial charge in [-0.05, 0) is 52.8 Å². The lowest BCUT2D eigenvalue weighted by molar-refractivity contribution is -0.150. The second kappa shape index (κ2) is 9.07. The molecule has 0 spiro atoms. The number of nitrogens with two attached hydrogens (primary N) is 1. The van der Waals surface area contributed by atoms with E-state index >= 15 is 0 Å². The maximum atomic E-state index is 12.6. The summed E-state index contributed by atoms with van der Waals surface area (Å²) in [7, 11) is 0. The maximum Gasteiger partial charge on any atom is 0.327 e. The van der Waals surface area contributed by atoms with E-state index in [9.17, 15) is 4.79 Å². The number of fused-ring (bicyclic) bond motifs is 1. The molecule has 0 heterocycles. The number of ether oxygens (including phenoxy) is 1. The zero-order valence-electron chi connectivity index (χ0n) is 15.7. The van der Waals surface area contributed by atoms with Gasteiger partial charge < -0.3 is 10.5 Å². The standard InChI is InChI=1S/C23H25NO2S/c1-16(14-15-27-2)26-23(25)22(24)21-12-6-5-11-20(21)19-13-7-9-17-8-3-4-10-18(17)19/h3-13,16,22H,14-15,24H2,1-2H3/t16-,22-/m0/s1. The monoisotopic (exact) mass is 379 g/mol. The van der Waals surface area contributed by atoms with Gasteiger partial charge in [0.15, 0.2) is 0 Å². The normalized spacial score (nSPS) is 13.3. The van der Waals surface area contributed by atoms with E-state index in [1.54, 1.807) is 11.8 Å². The van der Waals surface area contributed by atoms with Crippen molar-refractivity contribution in [2.75, 3.05) is 12.0 Å². The van der Waals surface area contributed by atoms with Gasteiger partial charge >= 0.3 is 5.97 Å². The number of carbonyl (C=O) groups is 1. The Morgan fingerprint density at radius 2 is 1.67 bits per heavy atom. The predicted octanol–water partition coefficient (Wildman–Crippen LogP) is 5.19. The second-order valence-electron chi connectivity index (χ2n) is 6.62. The summed E-state index contributed by atoms with van der Waals surface area (Å²) in [6, 6.07) is 21.4. The lowest BCUT2D eigenvalue weighted by atomic mass is 9.92. The number of carbonyl (C=O) groups excluding carboxylic acids is 1. The maximum absolute atomic E-state index is 12.6. The van der Waals surface area contributed by atoms with Crippen molar-refractivity contribution in [3.63, 3.8) is 0 Å². The third kappa shape index (κ3) is 4.52. The first-order valence-electron chi connectivity index (χ1n) is 9.14. The molecule has 3 nitrogen and oxygen atoms in total. The number of rotatable bonds is 7. The topological polar surface area (TPSA) is 52.3 Å². The molecule has 0 fully saturated rings. The Kier molecular flexibility index (Phi) is 6.54. The van der Waals surface area contributed by atoms with Gasteiger partial charge in [0.2, 0.25) is 0 Å². The summed E-state index contributed by atoms with van der Waals surface area (Å²) in [5.41, 5.74) is 9.15. The summed E-state index contributed by atoms with van der Waals surface area (Å²) in [4.78, 5) is 12.6. The van der Waals surface area contributed by atoms with E-state index in [1.807, 2.05) is 55.6 Å². The van der Waals surface area contributed by atoms with Crippen LogP contribution < -0.4 is 5.73 Å². The van der Waals surface area contributed by atoms with Gasteiger partial charge in [-0.3, -0.25) is 0 Å². The SMILES string of the molecule is CSCC[C@H](C)OC(=O)[C@@H](N)c1ccccc1-c1cccc2ccccc12. The van der Waals surface area contributed by atoms with Crippen LogP contribution in [0.3, 0.4) is 0 Å². The van der Waals surface area contributed by atoms with Crippen LogP contribution in [0, 0.1) is 0 Å². The average molecular weight is 380 g/mol. The molecule has 2 N–H and O–H groups in total. The molecular weight excluding hydrogens is 354 g/mol. The van der Waals surface area contributed by atoms with Gasteiger partial charge in [-0.1, -0.05) is 66.7 Å². The van der Waals surface area contributed by atoms with Gasteiger partial charge in [-0.25, -0.2) is 4.79 Å². The van der Waals surface area contributed by atoms with Crippen molar-refractivity contribution in [1.82, 2.24) is 0 Å². The molecule has 0 amide bonds. The highest BCUT2D eigenvalue weighted by atomic mass is 32.2. The van der Waals surface area contributed by atoms with Crippen molar-refractivity contribution in [3.05, 3.63) is 72.3 Å². The molecule has 4 heteroatoms. The van der Waals surface area contributed by atoms with E-state index in [1.165, 1.54) is 0 Å². The molecule has 140 valence electrons. The van der Waals surface area contributed by atoms with E-state index in [0.717, 1.165) is 39.6 Å². The molecule has 0 aliphatic rings. The highest BCUT2D eigenvalue weighted by molar-refractivity contribution is 7.98. The fourth-order valence-electron chi connectivity index (χ4n) is 3.22. The molecule has 3 rings (SSSR count). The summed E-state index contributed by atoms with van der Waals surface area (Å²) in [5, 5.41) is 2.30. The third-order valence-corrected chi connectivity index (χ3v) is 5.32. The molecule has 0 aromatic heterocycles. The fourth-order valence-corrected chi connectivity index (χ4v) is 3.78. The molecule has 3 aromatic rings. The predicted molar refractivity (Wildman–Crippen MR) is 115 cm³/mol. The van der Waals surface area contributed by atoms with Crippen molar-refractivity contribution in [2.45, 2.75) is 25.5 Å². The summed E-state index contributed by atoms with van der Waals surface area (Å²) in [6.45, 7) is 1.91. The Morgan fingerprint density at radius 3 is 2.48 bits per heavy atom. The zero-order valence-corrected chi connectivity index (χ0v) is 16.5. The smallest absolute Gasteiger partial charge is 0.327 e. The molecule has 0 bridgehead atoms. The number of esters is 1. The van der Waals surface area contributed by atoms with Crippen LogP contribution in [-0.2, 0) is 9.53 Å². The van der Waals surface area contributed by atoms with E-state index in [4.69, 9.17) is 10.5 Å². The van der Waals surface area contributed by atoms with Gasteiger partial charge in [-0.2, -0.15) is 11.8 Å². The van der Waals surface area contributed by atoms with Crippen molar-refractivity contribution in [3.8, 4) is 11.1 Å². The third-order valence-electron chi connectivity index (χ3n) is 4.68. The number of thioether (sulfide) groups is 1. The van der Waals surface area contributed by atoms with Crippen LogP contribution in [0.25, 0.3) is 21.9 Å². The Morgan fingerprint density at radius 1 is 1.00 bits per heavy atom. The number of benzene rings is 3. The van der Waals surface area contributed by atoms with Crippen LogP contribution in [0.2, 0.25) is 0 Å². The Balaban J connectivity index is 1.93. The first-order chi connectivity index (χ1) is 13.1. The van der Waals surface area contributed by atoms with Crippen LogP contribution in [0.5, 0.6) is 0 Å². The highest BCUT2D eigenvalue weighted by Gasteiger charge is 2.23. The molecule has 0 saturated heterocycles. The van der Waals surface area contributed by atoms with Crippen LogP contribution in [-0.4, -0.2) is 24.1 Å². The quantitative estimate of drug-likeness (QED) is 0.574. The number of hydrogen-bond donors (Lipinski definition) is 1. The molecule has 0 radical (unpaired) electrons. The summed E-state index contributed by atoms with van der Waals surface area (Å²) in [5.74, 6) is 0.576. The first-order valence-corrected chi connectivity index (χ1v) is 10.5. The van der Waals surface area contributed by atoms with E-state index in [0.29, 0.717) is 0 Å². The highest BCUT2D eigenvalue weighted by Crippen LogP contribution is 2.33. The van der Waals surface area contributed by atoms with Gasteiger partial charge in [0, 0.05) is 0 Å². The van der Waals surface area contributed by atoms with Crippen LogP contribution in [0.1, 0.15) is 24.9 Å². The van der Waals surface area contributed by atoms with Gasteiger partial charge in [0.1, 0.15) is 6.04 Å². The number of hydrogen-bond acceptors (Lipinski definition) is 4. The lowest BCUT2D eigenvalue weighted by Crippen LogP contribution is -2.27. The fraction of sp³-hybridized carbons (Fsp3) is 0.261. The van der Waals surface area contributed by atoms with E-state index < -0.39 is 6.04 Å². The van der Waals surface area contributed by atoms with E-state index in [-0.39, 0.29) is 12.1 Å².